The number of ether oxygens (including phenoxy) is 2. The van der Waals surface area contributed by atoms with E-state index in [-0.39, 0.29) is 49.0 Å². The first-order valence-corrected chi connectivity index (χ1v) is 13.3. The Balaban J connectivity index is 1.39. The fraction of sp³-hybridized carbons (Fsp3) is 0.323. The van der Waals surface area contributed by atoms with Gasteiger partial charge in [-0.1, -0.05) is 42.5 Å². The van der Waals surface area contributed by atoms with Gasteiger partial charge in [-0.3, -0.25) is 19.3 Å². The van der Waals surface area contributed by atoms with Crippen molar-refractivity contribution in [2.45, 2.75) is 37.6 Å². The van der Waals surface area contributed by atoms with E-state index in [1.54, 1.807) is 40.1 Å². The zero-order chi connectivity index (χ0) is 28.3. The molecule has 5 rings (SSSR count). The Morgan fingerprint density at radius 1 is 0.950 bits per heavy atom. The van der Waals surface area contributed by atoms with Crippen LogP contribution in [0, 0.1) is 5.82 Å². The van der Waals surface area contributed by atoms with E-state index in [0.717, 1.165) is 5.56 Å². The number of nitrogens with one attached hydrogen (secondary N) is 1. The Morgan fingerprint density at radius 3 is 2.30 bits per heavy atom. The van der Waals surface area contributed by atoms with Crippen LogP contribution in [0.3, 0.4) is 0 Å². The van der Waals surface area contributed by atoms with Crippen LogP contribution in [0.1, 0.15) is 52.1 Å². The van der Waals surface area contributed by atoms with Crippen LogP contribution >= 0.6 is 0 Å². The average Bonchev–Trinajstić information content (AvgIpc) is 3.35. The lowest BCUT2D eigenvalue weighted by atomic mass is 9.96. The second-order valence-corrected chi connectivity index (χ2v) is 10.1. The first kappa shape index (κ1) is 27.3. The molecule has 2 aliphatic rings. The zero-order valence-corrected chi connectivity index (χ0v) is 22.5. The van der Waals surface area contributed by atoms with E-state index >= 15 is 0 Å². The van der Waals surface area contributed by atoms with Crippen molar-refractivity contribution < 1.29 is 28.2 Å². The van der Waals surface area contributed by atoms with Crippen LogP contribution in [-0.2, 0) is 9.53 Å². The monoisotopic (exact) mass is 545 g/mol. The number of hydrogen-bond acceptors (Lipinski definition) is 5. The summed E-state index contributed by atoms with van der Waals surface area (Å²) in [5, 5.41) is 3.04. The van der Waals surface area contributed by atoms with E-state index in [0.29, 0.717) is 24.2 Å². The SMILES string of the molecule is COc1cccc(C(=O)N2[C@H](C(=O)N[C@H](C)c3ccccc3)COC23CCN(C(=O)c2cccc(F)c2)CC3)c1. The Morgan fingerprint density at radius 2 is 1.62 bits per heavy atom. The Kier molecular flexibility index (Phi) is 7.84. The van der Waals surface area contributed by atoms with Crippen molar-refractivity contribution in [1.29, 1.82) is 0 Å². The predicted molar refractivity (Wildman–Crippen MR) is 146 cm³/mol. The predicted octanol–water partition coefficient (Wildman–Crippen LogP) is 4.19. The van der Waals surface area contributed by atoms with Gasteiger partial charge < -0.3 is 19.7 Å². The Labute approximate surface area is 232 Å². The Bertz CT molecular complexity index is 1390. The molecular weight excluding hydrogens is 513 g/mol. The summed E-state index contributed by atoms with van der Waals surface area (Å²) in [5.74, 6) is -0.915. The van der Waals surface area contributed by atoms with Gasteiger partial charge in [0.2, 0.25) is 5.91 Å². The second kappa shape index (κ2) is 11.5. The topological polar surface area (TPSA) is 88.2 Å². The third-order valence-corrected chi connectivity index (χ3v) is 7.66. The maximum Gasteiger partial charge on any atom is 0.257 e. The van der Waals surface area contributed by atoms with Gasteiger partial charge in [0.25, 0.3) is 11.8 Å². The van der Waals surface area contributed by atoms with Gasteiger partial charge in [-0.2, -0.15) is 0 Å². The van der Waals surface area contributed by atoms with Crippen LogP contribution < -0.4 is 10.1 Å². The quantitative estimate of drug-likeness (QED) is 0.502. The molecule has 0 aromatic heterocycles. The molecule has 40 heavy (non-hydrogen) atoms. The summed E-state index contributed by atoms with van der Waals surface area (Å²) >= 11 is 0. The van der Waals surface area contributed by atoms with Gasteiger partial charge >= 0.3 is 0 Å². The Hall–Kier alpha value is -4.24. The molecule has 2 aliphatic heterocycles. The van der Waals surface area contributed by atoms with E-state index in [1.165, 1.54) is 25.3 Å². The standard InChI is InChI=1S/C31H32FN3O5/c1-21(22-8-4-3-5-9-22)33-28(36)27-20-40-31(35(27)30(38)24-11-7-13-26(19-24)39-2)14-16-34(17-15-31)29(37)23-10-6-12-25(32)18-23/h3-13,18-19,21,27H,14-17,20H2,1-2H3,(H,33,36)/t21-,27+/m1/s1. The molecule has 3 amide bonds. The summed E-state index contributed by atoms with van der Waals surface area (Å²) in [7, 11) is 1.52. The number of methoxy groups -OCH3 is 1. The molecule has 9 heteroatoms. The molecule has 208 valence electrons. The van der Waals surface area contributed by atoms with Gasteiger partial charge in [0.1, 0.15) is 23.3 Å². The fourth-order valence-electron chi connectivity index (χ4n) is 5.46. The van der Waals surface area contributed by atoms with Crippen LogP contribution in [0.5, 0.6) is 5.75 Å². The normalized spacial score (nSPS) is 18.8. The highest BCUT2D eigenvalue weighted by molar-refractivity contribution is 5.99. The average molecular weight is 546 g/mol. The van der Waals surface area contributed by atoms with Crippen molar-refractivity contribution >= 4 is 17.7 Å². The first-order valence-electron chi connectivity index (χ1n) is 13.3. The maximum atomic E-state index is 14.0. The van der Waals surface area contributed by atoms with Crippen LogP contribution in [0.25, 0.3) is 0 Å². The molecule has 8 nitrogen and oxygen atoms in total. The van der Waals surface area contributed by atoms with Crippen LogP contribution in [0.2, 0.25) is 0 Å². The van der Waals surface area contributed by atoms with Gasteiger partial charge in [0, 0.05) is 37.1 Å². The number of rotatable bonds is 6. The summed E-state index contributed by atoms with van der Waals surface area (Å²) < 4.78 is 25.3. The molecule has 1 spiro atoms. The van der Waals surface area contributed by atoms with Crippen molar-refractivity contribution in [2.75, 3.05) is 26.8 Å². The van der Waals surface area contributed by atoms with E-state index in [4.69, 9.17) is 9.47 Å². The molecule has 2 fully saturated rings. The molecule has 2 saturated heterocycles. The molecule has 3 aromatic carbocycles. The highest BCUT2D eigenvalue weighted by Gasteiger charge is 2.54. The molecule has 0 bridgehead atoms. The number of likely N-dealkylation sites (tertiary alicyclic amines) is 1. The van der Waals surface area contributed by atoms with Gasteiger partial charge in [-0.25, -0.2) is 4.39 Å². The molecule has 2 atom stereocenters. The largest absolute Gasteiger partial charge is 0.497 e. The summed E-state index contributed by atoms with van der Waals surface area (Å²) in [6.45, 7) is 2.49. The van der Waals surface area contributed by atoms with Crippen molar-refractivity contribution in [1.82, 2.24) is 15.1 Å². The number of nitrogens with zero attached hydrogens (tertiary/aromatic N) is 2. The van der Waals surface area contributed by atoms with Crippen LogP contribution in [-0.4, -0.2) is 66.1 Å². The van der Waals surface area contributed by atoms with E-state index < -0.39 is 17.6 Å². The highest BCUT2D eigenvalue weighted by Crippen LogP contribution is 2.39. The van der Waals surface area contributed by atoms with Gasteiger partial charge in [0.15, 0.2) is 0 Å². The van der Waals surface area contributed by atoms with Crippen LogP contribution in [0.4, 0.5) is 4.39 Å². The molecule has 0 aliphatic carbocycles. The summed E-state index contributed by atoms with van der Waals surface area (Å²) in [5.41, 5.74) is 0.507. The maximum absolute atomic E-state index is 14.0. The van der Waals surface area contributed by atoms with Crippen LogP contribution in [0.15, 0.2) is 78.9 Å². The molecule has 0 saturated carbocycles. The fourth-order valence-corrected chi connectivity index (χ4v) is 5.46. The third-order valence-electron chi connectivity index (χ3n) is 7.66. The van der Waals surface area contributed by atoms with Crippen molar-refractivity contribution in [2.24, 2.45) is 0 Å². The van der Waals surface area contributed by atoms with Gasteiger partial charge in [-0.15, -0.1) is 0 Å². The lowest BCUT2D eigenvalue weighted by molar-refractivity contribution is -0.128. The first-order chi connectivity index (χ1) is 19.3. The minimum atomic E-state index is -1.07. The number of carbonyl (C=O) groups excluding carboxylic acids is 3. The summed E-state index contributed by atoms with van der Waals surface area (Å²) in [4.78, 5) is 43.8. The van der Waals surface area contributed by atoms with E-state index in [2.05, 4.69) is 5.32 Å². The number of amides is 3. The lowest BCUT2D eigenvalue weighted by Crippen LogP contribution is -2.60. The number of halogens is 1. The minimum Gasteiger partial charge on any atom is -0.497 e. The summed E-state index contributed by atoms with van der Waals surface area (Å²) in [6, 6.07) is 20.8. The molecule has 3 aromatic rings. The molecule has 1 N–H and O–H groups in total. The van der Waals surface area contributed by atoms with Crippen molar-refractivity contribution in [3.05, 3.63) is 101 Å². The number of hydrogen-bond donors (Lipinski definition) is 1. The number of benzene rings is 3. The molecular formula is C31H32FN3O5. The number of carbonyl (C=O) groups is 3. The van der Waals surface area contributed by atoms with Crippen molar-refractivity contribution in [3.8, 4) is 5.75 Å². The van der Waals surface area contributed by atoms with E-state index in [1.807, 2.05) is 37.3 Å². The molecule has 0 unspecified atom stereocenters. The molecule has 2 heterocycles. The second-order valence-electron chi connectivity index (χ2n) is 10.1. The minimum absolute atomic E-state index is 0.0287. The highest BCUT2D eigenvalue weighted by atomic mass is 19.1. The smallest absolute Gasteiger partial charge is 0.257 e. The van der Waals surface area contributed by atoms with Gasteiger partial charge in [-0.05, 0) is 48.9 Å². The summed E-state index contributed by atoms with van der Waals surface area (Å²) in [6.07, 6.45) is 0.615. The zero-order valence-electron chi connectivity index (χ0n) is 22.5. The number of piperidine rings is 1. The van der Waals surface area contributed by atoms with Crippen molar-refractivity contribution in [3.63, 3.8) is 0 Å². The third kappa shape index (κ3) is 5.42. The lowest BCUT2D eigenvalue weighted by Gasteiger charge is -2.44. The van der Waals surface area contributed by atoms with E-state index in [9.17, 15) is 18.8 Å². The van der Waals surface area contributed by atoms with Gasteiger partial charge in [0.05, 0.1) is 19.8 Å². The molecule has 0 radical (unpaired) electrons.